The van der Waals surface area contributed by atoms with Gasteiger partial charge in [0.25, 0.3) is 10.0 Å². The zero-order valence-corrected chi connectivity index (χ0v) is 25.1. The highest BCUT2D eigenvalue weighted by Gasteiger charge is 2.34. The topological polar surface area (TPSA) is 96.0 Å². The molecule has 1 aliphatic rings. The Morgan fingerprint density at radius 2 is 1.66 bits per heavy atom. The summed E-state index contributed by atoms with van der Waals surface area (Å²) in [6.45, 7) is 2.97. The molecule has 0 aromatic heterocycles. The van der Waals surface area contributed by atoms with Crippen LogP contribution in [0.25, 0.3) is 0 Å². The zero-order chi connectivity index (χ0) is 29.6. The highest BCUT2D eigenvalue weighted by atomic mass is 35.5. The van der Waals surface area contributed by atoms with Crippen LogP contribution in [0.2, 0.25) is 5.02 Å². The molecule has 3 aromatic carbocycles. The van der Waals surface area contributed by atoms with E-state index < -0.39 is 28.5 Å². The molecule has 1 N–H and O–H groups in total. The molecule has 10 heteroatoms. The number of hydrogen-bond donors (Lipinski definition) is 1. The molecule has 3 aromatic rings. The van der Waals surface area contributed by atoms with E-state index in [0.717, 1.165) is 35.6 Å². The number of halogens is 1. The lowest BCUT2D eigenvalue weighted by Gasteiger charge is -2.33. The number of benzene rings is 3. The lowest BCUT2D eigenvalue weighted by atomic mass is 10.1. The van der Waals surface area contributed by atoms with Gasteiger partial charge >= 0.3 is 0 Å². The van der Waals surface area contributed by atoms with Crippen LogP contribution in [0, 0.1) is 6.92 Å². The van der Waals surface area contributed by atoms with Crippen molar-refractivity contribution in [2.75, 3.05) is 18.0 Å². The fourth-order valence-corrected chi connectivity index (χ4v) is 6.66. The van der Waals surface area contributed by atoms with Crippen molar-refractivity contribution in [2.45, 2.75) is 63.1 Å². The largest absolute Gasteiger partial charge is 0.497 e. The van der Waals surface area contributed by atoms with E-state index in [0.29, 0.717) is 22.0 Å². The predicted octanol–water partition coefficient (Wildman–Crippen LogP) is 5.33. The highest BCUT2D eigenvalue weighted by Crippen LogP contribution is 2.31. The van der Waals surface area contributed by atoms with Gasteiger partial charge in [0, 0.05) is 17.6 Å². The Labute approximate surface area is 247 Å². The quantitative estimate of drug-likeness (QED) is 0.322. The van der Waals surface area contributed by atoms with E-state index in [-0.39, 0.29) is 23.4 Å². The predicted molar refractivity (Wildman–Crippen MR) is 161 cm³/mol. The van der Waals surface area contributed by atoms with Crippen molar-refractivity contribution in [3.63, 3.8) is 0 Å². The summed E-state index contributed by atoms with van der Waals surface area (Å²) in [6, 6.07) is 19.3. The molecule has 1 saturated carbocycles. The standard InChI is InChI=1S/C31H36ClN3O5S/c1-22-28(32)14-9-15-29(22)35(41(38,39)27-12-5-4-6-13-27)21-30(36)34(20-24-16-18-26(40-3)19-17-24)23(2)31(37)33-25-10-7-8-11-25/h4-6,9,12-19,23,25H,7-8,10-11,20-21H2,1-3H3,(H,33,37). The van der Waals surface area contributed by atoms with Crippen molar-refractivity contribution >= 4 is 39.1 Å². The van der Waals surface area contributed by atoms with Crippen molar-refractivity contribution in [1.82, 2.24) is 10.2 Å². The van der Waals surface area contributed by atoms with E-state index in [9.17, 15) is 18.0 Å². The monoisotopic (exact) mass is 597 g/mol. The van der Waals surface area contributed by atoms with Gasteiger partial charge in [-0.25, -0.2) is 8.42 Å². The molecule has 1 atom stereocenters. The molecule has 0 saturated heterocycles. The van der Waals surface area contributed by atoms with E-state index in [1.54, 1.807) is 69.5 Å². The Kier molecular flexibility index (Phi) is 9.94. The van der Waals surface area contributed by atoms with Crippen LogP contribution >= 0.6 is 11.6 Å². The van der Waals surface area contributed by atoms with Crippen LogP contribution in [0.3, 0.4) is 0 Å². The number of carbonyl (C=O) groups is 2. The molecule has 4 rings (SSSR count). The molecule has 0 radical (unpaired) electrons. The Bertz CT molecular complexity index is 1460. The summed E-state index contributed by atoms with van der Waals surface area (Å²) < 4.78 is 34.2. The highest BCUT2D eigenvalue weighted by molar-refractivity contribution is 7.92. The second-order valence-corrected chi connectivity index (χ2v) is 12.5. The van der Waals surface area contributed by atoms with Crippen molar-refractivity contribution in [3.05, 3.63) is 88.9 Å². The second kappa shape index (κ2) is 13.4. The van der Waals surface area contributed by atoms with Crippen LogP contribution < -0.4 is 14.4 Å². The molecule has 0 aliphatic heterocycles. The van der Waals surface area contributed by atoms with Crippen molar-refractivity contribution in [2.24, 2.45) is 0 Å². The number of carbonyl (C=O) groups excluding carboxylic acids is 2. The van der Waals surface area contributed by atoms with Crippen molar-refractivity contribution in [1.29, 1.82) is 0 Å². The van der Waals surface area contributed by atoms with Gasteiger partial charge in [-0.2, -0.15) is 0 Å². The first kappa shape index (κ1) is 30.4. The molecule has 1 unspecified atom stereocenters. The fourth-order valence-electron chi connectivity index (χ4n) is 5.00. The first-order valence-electron chi connectivity index (χ1n) is 13.7. The first-order chi connectivity index (χ1) is 19.6. The van der Waals surface area contributed by atoms with E-state index in [4.69, 9.17) is 16.3 Å². The maximum atomic E-state index is 14.1. The molecule has 0 bridgehead atoms. The smallest absolute Gasteiger partial charge is 0.264 e. The van der Waals surface area contributed by atoms with Crippen LogP contribution in [-0.2, 0) is 26.2 Å². The zero-order valence-electron chi connectivity index (χ0n) is 23.5. The van der Waals surface area contributed by atoms with Crippen LogP contribution in [-0.4, -0.2) is 50.9 Å². The third-order valence-corrected chi connectivity index (χ3v) is 9.68. The van der Waals surface area contributed by atoms with Gasteiger partial charge in [0.05, 0.1) is 17.7 Å². The average molecular weight is 598 g/mol. The minimum Gasteiger partial charge on any atom is -0.497 e. The van der Waals surface area contributed by atoms with E-state index >= 15 is 0 Å². The SMILES string of the molecule is COc1ccc(CN(C(=O)CN(c2cccc(Cl)c2C)S(=O)(=O)c2ccccc2)C(C)C(=O)NC2CCCC2)cc1. The number of rotatable bonds is 11. The van der Waals surface area contributed by atoms with Crippen molar-refractivity contribution < 1.29 is 22.7 Å². The molecule has 218 valence electrons. The normalized spacial score (nSPS) is 14.3. The first-order valence-corrected chi connectivity index (χ1v) is 15.5. The maximum absolute atomic E-state index is 14.1. The number of nitrogens with zero attached hydrogens (tertiary/aromatic N) is 2. The molecule has 1 fully saturated rings. The van der Waals surface area contributed by atoms with Gasteiger partial charge in [0.2, 0.25) is 11.8 Å². The van der Waals surface area contributed by atoms with Gasteiger partial charge in [0.15, 0.2) is 0 Å². The second-order valence-electron chi connectivity index (χ2n) is 10.2. The minimum absolute atomic E-state index is 0.0425. The lowest BCUT2D eigenvalue weighted by molar-refractivity contribution is -0.139. The van der Waals surface area contributed by atoms with Crippen LogP contribution in [0.5, 0.6) is 5.75 Å². The van der Waals surface area contributed by atoms with Gasteiger partial charge in [-0.1, -0.05) is 60.8 Å². The molecule has 0 spiro atoms. The Morgan fingerprint density at radius 1 is 1.00 bits per heavy atom. The van der Waals surface area contributed by atoms with E-state index in [2.05, 4.69) is 5.32 Å². The maximum Gasteiger partial charge on any atom is 0.264 e. The molecular weight excluding hydrogens is 562 g/mol. The average Bonchev–Trinajstić information content (AvgIpc) is 3.49. The number of sulfonamides is 1. The molecule has 2 amide bonds. The third kappa shape index (κ3) is 7.21. The van der Waals surface area contributed by atoms with Gasteiger partial charge < -0.3 is 15.0 Å². The molecule has 1 aliphatic carbocycles. The Morgan fingerprint density at radius 3 is 2.29 bits per heavy atom. The summed E-state index contributed by atoms with van der Waals surface area (Å²) in [7, 11) is -2.59. The summed E-state index contributed by atoms with van der Waals surface area (Å²) >= 11 is 6.38. The number of methoxy groups -OCH3 is 1. The summed E-state index contributed by atoms with van der Waals surface area (Å²) in [5, 5.41) is 3.45. The van der Waals surface area contributed by atoms with Gasteiger partial charge in [-0.15, -0.1) is 0 Å². The van der Waals surface area contributed by atoms with Gasteiger partial charge in [-0.3, -0.25) is 13.9 Å². The minimum atomic E-state index is -4.16. The molecule has 0 heterocycles. The number of hydrogen-bond acceptors (Lipinski definition) is 5. The third-order valence-electron chi connectivity index (χ3n) is 7.50. The van der Waals surface area contributed by atoms with Crippen molar-refractivity contribution in [3.8, 4) is 5.75 Å². The number of anilines is 1. The van der Waals surface area contributed by atoms with E-state index in [1.807, 2.05) is 12.1 Å². The fraction of sp³-hybridized carbons (Fsp3) is 0.355. The number of nitrogens with one attached hydrogen (secondary N) is 1. The molecular formula is C31H36ClN3O5S. The summed E-state index contributed by atoms with van der Waals surface area (Å²) in [5.41, 5.74) is 1.59. The lowest BCUT2D eigenvalue weighted by Crippen LogP contribution is -2.52. The Balaban J connectivity index is 1.70. The summed E-state index contributed by atoms with van der Waals surface area (Å²) in [4.78, 5) is 28.9. The molecule has 41 heavy (non-hydrogen) atoms. The van der Waals surface area contributed by atoms with Crippen LogP contribution in [0.4, 0.5) is 5.69 Å². The van der Waals surface area contributed by atoms with Gasteiger partial charge in [-0.05, 0) is 74.2 Å². The number of amides is 2. The van der Waals surface area contributed by atoms with E-state index in [1.165, 1.54) is 17.0 Å². The summed E-state index contributed by atoms with van der Waals surface area (Å²) in [6.07, 6.45) is 3.92. The van der Waals surface area contributed by atoms with Crippen LogP contribution in [0.15, 0.2) is 77.7 Å². The number of ether oxygens (including phenoxy) is 1. The summed E-state index contributed by atoms with van der Waals surface area (Å²) in [5.74, 6) is -0.126. The molecule has 8 nitrogen and oxygen atoms in total. The van der Waals surface area contributed by atoms with Crippen LogP contribution in [0.1, 0.15) is 43.7 Å². The van der Waals surface area contributed by atoms with Gasteiger partial charge in [0.1, 0.15) is 18.3 Å². The Hall–Kier alpha value is -3.56.